The lowest BCUT2D eigenvalue weighted by Crippen LogP contribution is -2.34. The van der Waals surface area contributed by atoms with Crippen LogP contribution in [0.4, 0.5) is 17.1 Å². The third-order valence-corrected chi connectivity index (χ3v) is 3.32. The summed E-state index contributed by atoms with van der Waals surface area (Å²) >= 11 is 0. The summed E-state index contributed by atoms with van der Waals surface area (Å²) in [5.74, 6) is 0.542. The van der Waals surface area contributed by atoms with Crippen LogP contribution in [-0.4, -0.2) is 30.9 Å². The normalized spacial score (nSPS) is 15.4. The second-order valence-electron chi connectivity index (χ2n) is 4.85. The Morgan fingerprint density at radius 1 is 1.50 bits per heavy atom. The first-order chi connectivity index (χ1) is 8.50. The molecule has 5 nitrogen and oxygen atoms in total. The summed E-state index contributed by atoms with van der Waals surface area (Å²) in [6.07, 6.45) is 0.680. The smallest absolute Gasteiger partial charge is 0.145 e. The van der Waals surface area contributed by atoms with Gasteiger partial charge in [-0.3, -0.25) is 5.41 Å². The van der Waals surface area contributed by atoms with Gasteiger partial charge in [0.15, 0.2) is 0 Å². The molecule has 2 rings (SSSR count). The van der Waals surface area contributed by atoms with E-state index in [0.29, 0.717) is 24.0 Å². The molecule has 1 aliphatic rings. The Balaban J connectivity index is 2.16. The quantitative estimate of drug-likeness (QED) is 0.433. The lowest BCUT2D eigenvalue weighted by molar-refractivity contribution is 0.320. The van der Waals surface area contributed by atoms with Crippen LogP contribution in [0.2, 0.25) is 0 Å². The number of anilines is 3. The van der Waals surface area contributed by atoms with E-state index in [4.69, 9.17) is 11.1 Å². The molecule has 0 saturated heterocycles. The molecule has 0 amide bonds. The van der Waals surface area contributed by atoms with Gasteiger partial charge in [0.2, 0.25) is 0 Å². The highest BCUT2D eigenvalue weighted by Gasteiger charge is 2.25. The van der Waals surface area contributed by atoms with E-state index in [2.05, 4.69) is 17.1 Å². The minimum atomic E-state index is 0.319. The zero-order valence-corrected chi connectivity index (χ0v) is 11.1. The first kappa shape index (κ1) is 12.7. The van der Waals surface area contributed by atoms with Crippen molar-refractivity contribution >= 4 is 22.9 Å². The molecule has 18 heavy (non-hydrogen) atoms. The Morgan fingerprint density at radius 3 is 2.89 bits per heavy atom. The molecule has 1 aliphatic heterocycles. The van der Waals surface area contributed by atoms with Crippen LogP contribution >= 0.6 is 0 Å². The van der Waals surface area contributed by atoms with Crippen molar-refractivity contribution in [3.63, 3.8) is 0 Å². The SMILES string of the molecule is C[C@@H](CC(=N)N1[CH]Nc2cccc(N)c21)N(C)C. The van der Waals surface area contributed by atoms with E-state index in [1.807, 2.05) is 37.2 Å². The maximum absolute atomic E-state index is 8.21. The summed E-state index contributed by atoms with van der Waals surface area (Å²) in [5, 5.41) is 11.4. The standard InChI is InChI=1S/C13H20N5/c1-9(17(2)3)7-12(15)18-8-16-11-6-4-5-10(14)13(11)18/h4-6,8-9,15-16H,7,14H2,1-3H3/t9-/m0/s1. The number of nitrogens with one attached hydrogen (secondary N) is 2. The molecule has 0 unspecified atom stereocenters. The average molecular weight is 246 g/mol. The molecule has 4 N–H and O–H groups in total. The predicted octanol–water partition coefficient (Wildman–Crippen LogP) is 1.94. The third kappa shape index (κ3) is 2.26. The van der Waals surface area contributed by atoms with Crippen LogP contribution in [0, 0.1) is 12.1 Å². The van der Waals surface area contributed by atoms with Crippen LogP contribution in [-0.2, 0) is 0 Å². The fourth-order valence-electron chi connectivity index (χ4n) is 1.92. The number of hydrogen-bond donors (Lipinski definition) is 3. The molecule has 0 saturated carbocycles. The summed E-state index contributed by atoms with van der Waals surface area (Å²) in [4.78, 5) is 3.93. The Kier molecular flexibility index (Phi) is 3.43. The molecule has 0 fully saturated rings. The lowest BCUT2D eigenvalue weighted by atomic mass is 10.1. The predicted molar refractivity (Wildman–Crippen MR) is 76.7 cm³/mol. The third-order valence-electron chi connectivity index (χ3n) is 3.32. The molecule has 0 aromatic heterocycles. The molecule has 5 heteroatoms. The van der Waals surface area contributed by atoms with E-state index in [0.717, 1.165) is 11.4 Å². The van der Waals surface area contributed by atoms with Gasteiger partial charge in [0.05, 0.1) is 17.1 Å². The number of fused-ring (bicyclic) bond motifs is 1. The number of amidine groups is 1. The number of nitrogen functional groups attached to an aromatic ring is 1. The van der Waals surface area contributed by atoms with Gasteiger partial charge in [-0.05, 0) is 33.2 Å². The number of nitrogens with zero attached hydrogens (tertiary/aromatic N) is 2. The average Bonchev–Trinajstić information content (AvgIpc) is 2.74. The summed E-state index contributed by atoms with van der Waals surface area (Å²) in [7, 11) is 4.04. The van der Waals surface area contributed by atoms with E-state index in [-0.39, 0.29) is 0 Å². The van der Waals surface area contributed by atoms with E-state index in [1.54, 1.807) is 6.67 Å². The molecule has 1 heterocycles. The van der Waals surface area contributed by atoms with Gasteiger partial charge in [-0.15, -0.1) is 0 Å². The Bertz CT molecular complexity index is 455. The minimum absolute atomic E-state index is 0.319. The van der Waals surface area contributed by atoms with Crippen LogP contribution in [0.1, 0.15) is 13.3 Å². The van der Waals surface area contributed by atoms with Crippen LogP contribution < -0.4 is 16.0 Å². The van der Waals surface area contributed by atoms with Crippen LogP contribution in [0.25, 0.3) is 0 Å². The number of nitrogens with two attached hydrogens (primary N) is 1. The van der Waals surface area contributed by atoms with Gasteiger partial charge in [0.1, 0.15) is 12.5 Å². The van der Waals surface area contributed by atoms with Crippen molar-refractivity contribution in [2.24, 2.45) is 0 Å². The largest absolute Gasteiger partial charge is 0.397 e. The van der Waals surface area contributed by atoms with E-state index in [1.165, 1.54) is 0 Å². The van der Waals surface area contributed by atoms with E-state index >= 15 is 0 Å². The Morgan fingerprint density at radius 2 is 2.22 bits per heavy atom. The van der Waals surface area contributed by atoms with Gasteiger partial charge >= 0.3 is 0 Å². The summed E-state index contributed by atoms with van der Waals surface area (Å²) in [6, 6.07) is 6.05. The van der Waals surface area contributed by atoms with Crippen LogP contribution in [0.3, 0.4) is 0 Å². The maximum Gasteiger partial charge on any atom is 0.145 e. The molecular formula is C13H20N5. The molecule has 0 aliphatic carbocycles. The van der Waals surface area contributed by atoms with Gasteiger partial charge in [0.25, 0.3) is 0 Å². The van der Waals surface area contributed by atoms with Crippen LogP contribution in [0.15, 0.2) is 18.2 Å². The van der Waals surface area contributed by atoms with Crippen molar-refractivity contribution < 1.29 is 0 Å². The molecule has 1 radical (unpaired) electrons. The fourth-order valence-corrected chi connectivity index (χ4v) is 1.92. The Labute approximate surface area is 108 Å². The van der Waals surface area contributed by atoms with Crippen molar-refractivity contribution in [3.05, 3.63) is 24.9 Å². The molecule has 1 aromatic rings. The molecule has 0 spiro atoms. The van der Waals surface area contributed by atoms with Gasteiger partial charge in [-0.2, -0.15) is 0 Å². The zero-order valence-electron chi connectivity index (χ0n) is 11.1. The lowest BCUT2D eigenvalue weighted by Gasteiger charge is -2.25. The van der Waals surface area contributed by atoms with Crippen molar-refractivity contribution in [2.45, 2.75) is 19.4 Å². The van der Waals surface area contributed by atoms with Crippen LogP contribution in [0.5, 0.6) is 0 Å². The van der Waals surface area contributed by atoms with Crippen molar-refractivity contribution in [2.75, 3.05) is 30.0 Å². The topological polar surface area (TPSA) is 68.4 Å². The highest BCUT2D eigenvalue weighted by atomic mass is 15.3. The molecular weight excluding hydrogens is 226 g/mol. The summed E-state index contributed by atoms with van der Waals surface area (Å²) < 4.78 is 0. The molecule has 97 valence electrons. The van der Waals surface area contributed by atoms with Crippen molar-refractivity contribution in [1.29, 1.82) is 5.41 Å². The number of rotatable bonds is 3. The van der Waals surface area contributed by atoms with Gasteiger partial charge in [0, 0.05) is 12.5 Å². The van der Waals surface area contributed by atoms with Crippen molar-refractivity contribution in [3.8, 4) is 0 Å². The summed E-state index contributed by atoms with van der Waals surface area (Å²) in [6.45, 7) is 3.90. The van der Waals surface area contributed by atoms with Gasteiger partial charge in [-0.1, -0.05) is 6.07 Å². The number of benzene rings is 1. The molecule has 0 bridgehead atoms. The van der Waals surface area contributed by atoms with Gasteiger partial charge in [-0.25, -0.2) is 0 Å². The number of hydrogen-bond acceptors (Lipinski definition) is 4. The Hall–Kier alpha value is -1.75. The zero-order chi connectivity index (χ0) is 13.3. The highest BCUT2D eigenvalue weighted by Crippen LogP contribution is 2.38. The first-order valence-corrected chi connectivity index (χ1v) is 6.02. The monoisotopic (exact) mass is 246 g/mol. The highest BCUT2D eigenvalue weighted by molar-refractivity contribution is 6.06. The number of para-hydroxylation sites is 1. The second-order valence-corrected chi connectivity index (χ2v) is 4.85. The van der Waals surface area contributed by atoms with Gasteiger partial charge < -0.3 is 20.9 Å². The molecule has 1 atom stereocenters. The first-order valence-electron chi connectivity index (χ1n) is 6.02. The summed E-state index contributed by atoms with van der Waals surface area (Å²) in [5.41, 5.74) is 8.51. The maximum atomic E-state index is 8.21. The second kappa shape index (κ2) is 4.86. The van der Waals surface area contributed by atoms with E-state index in [9.17, 15) is 0 Å². The fraction of sp³-hybridized carbons (Fsp3) is 0.385. The van der Waals surface area contributed by atoms with E-state index < -0.39 is 0 Å². The van der Waals surface area contributed by atoms with Crippen molar-refractivity contribution in [1.82, 2.24) is 4.90 Å². The molecule has 1 aromatic carbocycles. The minimum Gasteiger partial charge on any atom is -0.397 e.